The van der Waals surface area contributed by atoms with E-state index in [1.165, 1.54) is 11.1 Å². The van der Waals surface area contributed by atoms with E-state index in [-0.39, 0.29) is 0 Å². The Labute approximate surface area is 94.7 Å². The van der Waals surface area contributed by atoms with Crippen LogP contribution in [-0.4, -0.2) is 4.98 Å². The van der Waals surface area contributed by atoms with Crippen LogP contribution in [0.5, 0.6) is 0 Å². The minimum Gasteiger partial charge on any atom is -0.367 e. The smallest absolute Gasteiger partial charge is 0.0991 e. The lowest BCUT2D eigenvalue weighted by Gasteiger charge is -2.03. The molecule has 80 valence electrons. The average Bonchev–Trinajstić information content (AvgIpc) is 2.83. The van der Waals surface area contributed by atoms with E-state index in [1.807, 2.05) is 42.7 Å². The van der Waals surface area contributed by atoms with Gasteiger partial charge in [0.15, 0.2) is 0 Å². The molecule has 0 unspecified atom stereocenters. The summed E-state index contributed by atoms with van der Waals surface area (Å²) in [5.41, 5.74) is 3.14. The summed E-state index contributed by atoms with van der Waals surface area (Å²) in [6, 6.07) is 11.8. The van der Waals surface area contributed by atoms with E-state index in [4.69, 9.17) is 5.26 Å². The zero-order chi connectivity index (χ0) is 11.2. The highest BCUT2D eigenvalue weighted by Gasteiger charge is 1.95. The van der Waals surface area contributed by atoms with Crippen LogP contribution in [-0.2, 0) is 13.1 Å². The molecule has 2 N–H and O–H groups in total. The fourth-order valence-corrected chi connectivity index (χ4v) is 1.52. The number of H-pyrrole nitrogens is 1. The molecule has 1 aromatic carbocycles. The minimum absolute atomic E-state index is 0.703. The molecular formula is C13H13N3. The van der Waals surface area contributed by atoms with Gasteiger partial charge >= 0.3 is 0 Å². The Morgan fingerprint density at radius 2 is 1.81 bits per heavy atom. The van der Waals surface area contributed by atoms with Crippen LogP contribution in [0.4, 0.5) is 0 Å². The highest BCUT2D eigenvalue weighted by molar-refractivity contribution is 5.31. The van der Waals surface area contributed by atoms with E-state index in [9.17, 15) is 0 Å². The second-order valence-corrected chi connectivity index (χ2v) is 3.63. The summed E-state index contributed by atoms with van der Waals surface area (Å²) in [4.78, 5) is 3.02. The zero-order valence-corrected chi connectivity index (χ0v) is 8.90. The first-order chi connectivity index (χ1) is 7.88. The molecule has 0 atom stereocenters. The summed E-state index contributed by atoms with van der Waals surface area (Å²) < 4.78 is 0. The van der Waals surface area contributed by atoms with E-state index in [0.717, 1.165) is 13.1 Å². The van der Waals surface area contributed by atoms with Crippen molar-refractivity contribution in [2.45, 2.75) is 13.1 Å². The second kappa shape index (κ2) is 5.15. The van der Waals surface area contributed by atoms with Gasteiger partial charge in [-0.1, -0.05) is 12.1 Å². The molecule has 0 bridgehead atoms. The number of benzene rings is 1. The third-order valence-electron chi connectivity index (χ3n) is 2.40. The summed E-state index contributed by atoms with van der Waals surface area (Å²) in [6.07, 6.45) is 3.89. The third kappa shape index (κ3) is 2.72. The first-order valence-electron chi connectivity index (χ1n) is 5.20. The van der Waals surface area contributed by atoms with Gasteiger partial charge in [-0.2, -0.15) is 5.26 Å². The minimum atomic E-state index is 0.703. The second-order valence-electron chi connectivity index (χ2n) is 3.63. The monoisotopic (exact) mass is 211 g/mol. The largest absolute Gasteiger partial charge is 0.367 e. The van der Waals surface area contributed by atoms with Crippen molar-refractivity contribution in [2.75, 3.05) is 0 Å². The maximum Gasteiger partial charge on any atom is 0.0991 e. The van der Waals surface area contributed by atoms with Crippen LogP contribution in [0.3, 0.4) is 0 Å². The molecule has 0 aliphatic rings. The maximum absolute atomic E-state index is 8.66. The molecule has 0 aliphatic carbocycles. The molecule has 2 aromatic rings. The van der Waals surface area contributed by atoms with Crippen LogP contribution in [0.2, 0.25) is 0 Å². The Kier molecular flexibility index (Phi) is 3.37. The van der Waals surface area contributed by atoms with E-state index in [1.54, 1.807) is 0 Å². The molecule has 3 heteroatoms. The Hall–Kier alpha value is -2.05. The number of aromatic amines is 1. The molecule has 0 spiro atoms. The van der Waals surface area contributed by atoms with Crippen LogP contribution in [0.1, 0.15) is 16.7 Å². The third-order valence-corrected chi connectivity index (χ3v) is 2.40. The number of aromatic nitrogens is 1. The molecular weight excluding hydrogens is 198 g/mol. The summed E-state index contributed by atoms with van der Waals surface area (Å²) in [7, 11) is 0. The fraction of sp³-hybridized carbons (Fsp3) is 0.154. The first-order valence-corrected chi connectivity index (χ1v) is 5.20. The SMILES string of the molecule is N#Cc1ccc(CNCc2cc[nH]c2)cc1. The van der Waals surface area contributed by atoms with Gasteiger partial charge < -0.3 is 10.3 Å². The molecule has 0 fully saturated rings. The topological polar surface area (TPSA) is 51.6 Å². The summed E-state index contributed by atoms with van der Waals surface area (Å²) in [5.74, 6) is 0. The fourth-order valence-electron chi connectivity index (χ4n) is 1.52. The number of rotatable bonds is 4. The lowest BCUT2D eigenvalue weighted by atomic mass is 10.1. The molecule has 0 radical (unpaired) electrons. The Morgan fingerprint density at radius 1 is 1.06 bits per heavy atom. The Balaban J connectivity index is 1.83. The lowest BCUT2D eigenvalue weighted by molar-refractivity contribution is 0.694. The van der Waals surface area contributed by atoms with Crippen LogP contribution in [0.15, 0.2) is 42.7 Å². The van der Waals surface area contributed by atoms with Crippen molar-refractivity contribution in [1.82, 2.24) is 10.3 Å². The summed E-state index contributed by atoms with van der Waals surface area (Å²) in [5, 5.41) is 12.0. The molecule has 0 saturated heterocycles. The molecule has 1 aromatic heterocycles. The molecule has 0 saturated carbocycles. The standard InChI is InChI=1S/C13H13N3/c14-7-11-1-3-12(4-2-11)8-16-10-13-5-6-15-9-13/h1-6,9,15-16H,8,10H2. The number of hydrogen-bond acceptors (Lipinski definition) is 2. The van der Waals surface area contributed by atoms with Crippen molar-refractivity contribution < 1.29 is 0 Å². The van der Waals surface area contributed by atoms with Gasteiger partial charge in [-0.3, -0.25) is 0 Å². The van der Waals surface area contributed by atoms with E-state index in [0.29, 0.717) is 5.56 Å². The highest BCUT2D eigenvalue weighted by atomic mass is 14.9. The zero-order valence-electron chi connectivity index (χ0n) is 8.90. The van der Waals surface area contributed by atoms with Crippen molar-refractivity contribution in [3.05, 3.63) is 59.4 Å². The maximum atomic E-state index is 8.66. The van der Waals surface area contributed by atoms with Crippen LogP contribution in [0, 0.1) is 11.3 Å². The normalized spacial score (nSPS) is 9.94. The number of nitrogens with zero attached hydrogens (tertiary/aromatic N) is 1. The van der Waals surface area contributed by atoms with E-state index in [2.05, 4.69) is 16.4 Å². The quantitative estimate of drug-likeness (QED) is 0.814. The number of nitriles is 1. The summed E-state index contributed by atoms with van der Waals surface area (Å²) >= 11 is 0. The van der Waals surface area contributed by atoms with E-state index < -0.39 is 0 Å². The molecule has 1 heterocycles. The van der Waals surface area contributed by atoms with Gasteiger partial charge in [-0.15, -0.1) is 0 Å². The van der Waals surface area contributed by atoms with Gasteiger partial charge in [-0.25, -0.2) is 0 Å². The first kappa shape index (κ1) is 10.5. The van der Waals surface area contributed by atoms with Gasteiger partial charge in [0.25, 0.3) is 0 Å². The van der Waals surface area contributed by atoms with Crippen LogP contribution in [0.25, 0.3) is 0 Å². The Bertz CT molecular complexity index is 463. The highest BCUT2D eigenvalue weighted by Crippen LogP contribution is 2.03. The lowest BCUT2D eigenvalue weighted by Crippen LogP contribution is -2.11. The van der Waals surface area contributed by atoms with Gasteiger partial charge in [0.1, 0.15) is 0 Å². The van der Waals surface area contributed by atoms with E-state index >= 15 is 0 Å². The van der Waals surface area contributed by atoms with Crippen molar-refractivity contribution in [1.29, 1.82) is 5.26 Å². The predicted molar refractivity (Wildman–Crippen MR) is 62.5 cm³/mol. The molecule has 0 aliphatic heterocycles. The molecule has 0 amide bonds. The van der Waals surface area contributed by atoms with Crippen LogP contribution < -0.4 is 5.32 Å². The predicted octanol–water partition coefficient (Wildman–Crippen LogP) is 2.18. The van der Waals surface area contributed by atoms with Gasteiger partial charge in [0, 0.05) is 25.5 Å². The van der Waals surface area contributed by atoms with Gasteiger partial charge in [0.05, 0.1) is 11.6 Å². The molecule has 16 heavy (non-hydrogen) atoms. The number of nitrogens with one attached hydrogen (secondary N) is 2. The average molecular weight is 211 g/mol. The van der Waals surface area contributed by atoms with Crippen molar-refractivity contribution in [3.8, 4) is 6.07 Å². The van der Waals surface area contributed by atoms with Crippen molar-refractivity contribution >= 4 is 0 Å². The Morgan fingerprint density at radius 3 is 2.44 bits per heavy atom. The summed E-state index contributed by atoms with van der Waals surface area (Å²) in [6.45, 7) is 1.67. The van der Waals surface area contributed by atoms with Crippen LogP contribution >= 0.6 is 0 Å². The molecule has 2 rings (SSSR count). The van der Waals surface area contributed by atoms with Gasteiger partial charge in [0.2, 0.25) is 0 Å². The number of hydrogen-bond donors (Lipinski definition) is 2. The van der Waals surface area contributed by atoms with Gasteiger partial charge in [-0.05, 0) is 29.3 Å². The van der Waals surface area contributed by atoms with Crippen molar-refractivity contribution in [3.63, 3.8) is 0 Å². The molecule has 3 nitrogen and oxygen atoms in total. The van der Waals surface area contributed by atoms with Crippen molar-refractivity contribution in [2.24, 2.45) is 0 Å².